The summed E-state index contributed by atoms with van der Waals surface area (Å²) in [6, 6.07) is 25.8. The maximum atomic E-state index is 13.3. The van der Waals surface area contributed by atoms with Crippen LogP contribution in [0.1, 0.15) is 17.5 Å². The van der Waals surface area contributed by atoms with Gasteiger partial charge in [0.1, 0.15) is 5.82 Å². The van der Waals surface area contributed by atoms with E-state index >= 15 is 0 Å². The number of nitriles is 1. The van der Waals surface area contributed by atoms with Crippen molar-refractivity contribution in [3.8, 4) is 17.2 Å². The molecule has 0 aliphatic heterocycles. The zero-order valence-electron chi connectivity index (χ0n) is 16.2. The first kappa shape index (κ1) is 20.0. The van der Waals surface area contributed by atoms with Crippen LogP contribution in [0.4, 0.5) is 4.39 Å². The summed E-state index contributed by atoms with van der Waals surface area (Å²) in [6.45, 7) is 0.345. The molecule has 3 rings (SSSR count). The third-order valence-corrected chi connectivity index (χ3v) is 4.62. The zero-order valence-corrected chi connectivity index (χ0v) is 16.2. The molecule has 4 heteroatoms. The fraction of sp³-hybridized carbons (Fsp3) is 0.120. The van der Waals surface area contributed by atoms with Gasteiger partial charge in [-0.3, -0.25) is 4.79 Å². The minimum absolute atomic E-state index is 0.183. The van der Waals surface area contributed by atoms with Crippen molar-refractivity contribution < 1.29 is 9.18 Å². The summed E-state index contributed by atoms with van der Waals surface area (Å²) in [5.74, 6) is -0.509. The molecule has 0 heterocycles. The molecule has 0 radical (unpaired) electrons. The van der Waals surface area contributed by atoms with Crippen molar-refractivity contribution in [2.24, 2.45) is 0 Å². The fourth-order valence-corrected chi connectivity index (χ4v) is 2.99. The first-order valence-corrected chi connectivity index (χ1v) is 9.34. The Morgan fingerprint density at radius 2 is 1.59 bits per heavy atom. The highest BCUT2D eigenvalue weighted by Gasteiger charge is 2.17. The van der Waals surface area contributed by atoms with E-state index < -0.39 is 0 Å². The number of carbonyl (C=O) groups excluding carboxylic acids is 1. The molecule has 3 nitrogen and oxygen atoms in total. The molecule has 0 fully saturated rings. The third-order valence-electron chi connectivity index (χ3n) is 4.62. The van der Waals surface area contributed by atoms with Crippen LogP contribution in [0.5, 0.6) is 0 Å². The largest absolute Gasteiger partial charge is 0.341 e. The molecule has 1 amide bonds. The Morgan fingerprint density at radius 3 is 2.21 bits per heavy atom. The number of likely N-dealkylation sites (N-methyl/N-ethyl adjacent to an activating group) is 1. The van der Waals surface area contributed by atoms with Crippen LogP contribution in [0, 0.1) is 17.1 Å². The van der Waals surface area contributed by atoms with E-state index in [4.69, 9.17) is 5.26 Å². The highest BCUT2D eigenvalue weighted by Crippen LogP contribution is 2.25. The Labute approximate surface area is 170 Å². The molecule has 0 atom stereocenters. The first-order chi connectivity index (χ1) is 14.1. The second-order valence-corrected chi connectivity index (χ2v) is 6.69. The normalized spacial score (nSPS) is 11.0. The number of carbonyl (C=O) groups is 1. The molecule has 0 saturated heterocycles. The minimum atomic E-state index is -0.326. The van der Waals surface area contributed by atoms with Gasteiger partial charge in [-0.15, -0.1) is 0 Å². The molecule has 0 saturated carbocycles. The summed E-state index contributed by atoms with van der Waals surface area (Å²) in [5.41, 5.74) is 4.15. The van der Waals surface area contributed by atoms with Gasteiger partial charge in [-0.1, -0.05) is 66.7 Å². The van der Waals surface area contributed by atoms with Gasteiger partial charge in [0.05, 0.1) is 12.5 Å². The number of benzene rings is 3. The number of halogens is 1. The number of hydrogen-bond acceptors (Lipinski definition) is 2. The molecule has 0 aliphatic carbocycles. The quantitative estimate of drug-likeness (QED) is 0.422. The smallest absolute Gasteiger partial charge is 0.254 e. The number of hydrogen-bond donors (Lipinski definition) is 0. The van der Waals surface area contributed by atoms with Crippen LogP contribution < -0.4 is 0 Å². The highest BCUT2D eigenvalue weighted by atomic mass is 19.1. The van der Waals surface area contributed by atoms with Crippen LogP contribution in [0.25, 0.3) is 22.8 Å². The summed E-state index contributed by atoms with van der Waals surface area (Å²) >= 11 is 0. The molecular formula is C25H21FN2O. The van der Waals surface area contributed by atoms with Crippen LogP contribution in [-0.2, 0) is 4.79 Å². The summed E-state index contributed by atoms with van der Waals surface area (Å²) in [5, 5.41) is 8.81. The summed E-state index contributed by atoms with van der Waals surface area (Å²) in [4.78, 5) is 14.6. The topological polar surface area (TPSA) is 44.1 Å². The molecule has 0 unspecified atom stereocenters. The summed E-state index contributed by atoms with van der Waals surface area (Å²) in [7, 11) is 1.68. The molecule has 144 valence electrons. The van der Waals surface area contributed by atoms with E-state index in [2.05, 4.69) is 6.07 Å². The van der Waals surface area contributed by atoms with Gasteiger partial charge in [0.15, 0.2) is 0 Å². The van der Waals surface area contributed by atoms with Gasteiger partial charge >= 0.3 is 0 Å². The Bertz CT molecular complexity index is 1030. The third kappa shape index (κ3) is 5.18. The molecule has 3 aromatic rings. The van der Waals surface area contributed by atoms with Crippen molar-refractivity contribution in [2.45, 2.75) is 6.42 Å². The van der Waals surface area contributed by atoms with E-state index in [1.165, 1.54) is 17.0 Å². The SMILES string of the molecule is CN(CCC#N)C(=O)C(=Cc1ccc(F)cc1)c1ccc(-c2ccccc2)cc1. The van der Waals surface area contributed by atoms with Crippen molar-refractivity contribution in [3.05, 3.63) is 95.8 Å². The Hall–Kier alpha value is -3.71. The van der Waals surface area contributed by atoms with Crippen molar-refractivity contribution in [3.63, 3.8) is 0 Å². The lowest BCUT2D eigenvalue weighted by molar-refractivity contribution is -0.123. The lowest BCUT2D eigenvalue weighted by Crippen LogP contribution is -2.28. The van der Waals surface area contributed by atoms with E-state index in [1.54, 1.807) is 25.3 Å². The average molecular weight is 384 g/mol. The Kier molecular flexibility index (Phi) is 6.55. The lowest BCUT2D eigenvalue weighted by atomic mass is 9.98. The van der Waals surface area contributed by atoms with Gasteiger partial charge in [-0.05, 0) is 40.5 Å². The summed E-state index contributed by atoms with van der Waals surface area (Å²) < 4.78 is 13.3. The van der Waals surface area contributed by atoms with E-state index in [1.807, 2.05) is 54.6 Å². The van der Waals surface area contributed by atoms with E-state index in [-0.39, 0.29) is 18.1 Å². The second kappa shape index (κ2) is 9.48. The highest BCUT2D eigenvalue weighted by molar-refractivity contribution is 6.24. The molecule has 0 aliphatic rings. The van der Waals surface area contributed by atoms with Gasteiger partial charge in [-0.2, -0.15) is 5.26 Å². The first-order valence-electron chi connectivity index (χ1n) is 9.34. The molecule has 0 N–H and O–H groups in total. The molecule has 3 aromatic carbocycles. The van der Waals surface area contributed by atoms with Gasteiger partial charge in [0.2, 0.25) is 0 Å². The van der Waals surface area contributed by atoms with Gasteiger partial charge in [-0.25, -0.2) is 4.39 Å². The maximum absolute atomic E-state index is 13.3. The summed E-state index contributed by atoms with van der Waals surface area (Å²) in [6.07, 6.45) is 2.02. The molecular weight excluding hydrogens is 363 g/mol. The van der Waals surface area contributed by atoms with Crippen molar-refractivity contribution >= 4 is 17.6 Å². The Balaban J connectivity index is 1.97. The lowest BCUT2D eigenvalue weighted by Gasteiger charge is -2.18. The van der Waals surface area contributed by atoms with Crippen LogP contribution in [0.2, 0.25) is 0 Å². The van der Waals surface area contributed by atoms with Crippen LogP contribution >= 0.6 is 0 Å². The monoisotopic (exact) mass is 384 g/mol. The fourth-order valence-electron chi connectivity index (χ4n) is 2.99. The van der Waals surface area contributed by atoms with Gasteiger partial charge in [0, 0.05) is 19.2 Å². The van der Waals surface area contributed by atoms with E-state index in [9.17, 15) is 9.18 Å². The van der Waals surface area contributed by atoms with Crippen LogP contribution in [-0.4, -0.2) is 24.4 Å². The van der Waals surface area contributed by atoms with Crippen LogP contribution in [0.15, 0.2) is 78.9 Å². The number of nitrogens with zero attached hydrogens (tertiary/aromatic N) is 2. The molecule has 29 heavy (non-hydrogen) atoms. The second-order valence-electron chi connectivity index (χ2n) is 6.69. The predicted molar refractivity (Wildman–Crippen MR) is 114 cm³/mol. The standard InChI is InChI=1S/C25H21FN2O/c1-28(17-5-16-27)25(29)24(18-19-8-14-23(26)15-9-19)22-12-10-21(11-13-22)20-6-3-2-4-7-20/h2-4,6-15,18H,5,17H2,1H3. The van der Waals surface area contributed by atoms with Crippen LogP contribution in [0.3, 0.4) is 0 Å². The van der Waals surface area contributed by atoms with Crippen molar-refractivity contribution in [1.29, 1.82) is 5.26 Å². The van der Waals surface area contributed by atoms with Gasteiger partial charge < -0.3 is 4.90 Å². The predicted octanol–water partition coefficient (Wildman–Crippen LogP) is 5.41. The Morgan fingerprint density at radius 1 is 0.966 bits per heavy atom. The van der Waals surface area contributed by atoms with Crippen molar-refractivity contribution in [1.82, 2.24) is 4.90 Å². The minimum Gasteiger partial charge on any atom is -0.341 e. The number of rotatable bonds is 6. The van der Waals surface area contributed by atoms with Gasteiger partial charge in [0.25, 0.3) is 5.91 Å². The zero-order chi connectivity index (χ0) is 20.6. The molecule has 0 aromatic heterocycles. The van der Waals surface area contributed by atoms with E-state index in [0.717, 1.165) is 22.3 Å². The maximum Gasteiger partial charge on any atom is 0.254 e. The van der Waals surface area contributed by atoms with Crippen molar-refractivity contribution in [2.75, 3.05) is 13.6 Å². The van der Waals surface area contributed by atoms with E-state index in [0.29, 0.717) is 12.1 Å². The molecule has 0 bridgehead atoms. The average Bonchev–Trinajstić information content (AvgIpc) is 2.77. The number of amides is 1. The molecule has 0 spiro atoms.